The highest BCUT2D eigenvalue weighted by Gasteiger charge is 2.26. The first kappa shape index (κ1) is 12.9. The second-order valence-electron chi connectivity index (χ2n) is 4.95. The van der Waals surface area contributed by atoms with Crippen molar-refractivity contribution in [3.63, 3.8) is 0 Å². The Bertz CT molecular complexity index is 369. The van der Waals surface area contributed by atoms with Crippen LogP contribution in [0.1, 0.15) is 31.2 Å². The van der Waals surface area contributed by atoms with Crippen LogP contribution >= 0.6 is 15.9 Å². The summed E-state index contributed by atoms with van der Waals surface area (Å²) in [6.07, 6.45) is 5.21. The Morgan fingerprint density at radius 1 is 1.35 bits per heavy atom. The van der Waals surface area contributed by atoms with Crippen LogP contribution in [0.15, 0.2) is 24.3 Å². The van der Waals surface area contributed by atoms with Crippen LogP contribution in [0.2, 0.25) is 0 Å². The van der Waals surface area contributed by atoms with Crippen LogP contribution in [-0.2, 0) is 6.54 Å². The molecular formula is C14H20BrNO. The third kappa shape index (κ3) is 3.46. The molecule has 1 aliphatic rings. The molecule has 0 aromatic heterocycles. The molecule has 0 spiro atoms. The summed E-state index contributed by atoms with van der Waals surface area (Å²) in [6.45, 7) is 0.904. The zero-order chi connectivity index (χ0) is 12.3. The molecule has 1 fully saturated rings. The molecule has 0 saturated heterocycles. The number of rotatable bonds is 3. The molecule has 2 nitrogen and oxygen atoms in total. The Balaban J connectivity index is 1.98. The van der Waals surface area contributed by atoms with E-state index in [2.05, 4.69) is 33.9 Å². The molecule has 3 heteroatoms. The van der Waals surface area contributed by atoms with E-state index in [0.29, 0.717) is 16.6 Å². The van der Waals surface area contributed by atoms with Crippen LogP contribution in [0.4, 0.5) is 0 Å². The van der Waals surface area contributed by atoms with Gasteiger partial charge in [0.2, 0.25) is 0 Å². The smallest absolute Gasteiger partial charge is 0.115 e. The summed E-state index contributed by atoms with van der Waals surface area (Å²) in [4.78, 5) is 3.01. The van der Waals surface area contributed by atoms with E-state index in [1.807, 2.05) is 12.1 Å². The Kier molecular flexibility index (Phi) is 4.46. The lowest BCUT2D eigenvalue weighted by Gasteiger charge is -2.35. The molecule has 0 heterocycles. The molecule has 1 aliphatic carbocycles. The fourth-order valence-corrected chi connectivity index (χ4v) is 3.61. The molecule has 1 aromatic carbocycles. The summed E-state index contributed by atoms with van der Waals surface area (Å²) in [6, 6.07) is 8.17. The summed E-state index contributed by atoms with van der Waals surface area (Å²) in [5.74, 6) is 0.356. The molecular weight excluding hydrogens is 278 g/mol. The third-order valence-electron chi connectivity index (χ3n) is 3.56. The monoisotopic (exact) mass is 297 g/mol. The SMILES string of the molecule is CN(Cc1cccc(O)c1)C1CCCCC1Br. The van der Waals surface area contributed by atoms with E-state index in [9.17, 15) is 5.11 Å². The molecule has 0 bridgehead atoms. The van der Waals surface area contributed by atoms with Crippen molar-refractivity contribution in [2.75, 3.05) is 7.05 Å². The van der Waals surface area contributed by atoms with Gasteiger partial charge in [-0.25, -0.2) is 0 Å². The van der Waals surface area contributed by atoms with Gasteiger partial charge in [-0.15, -0.1) is 0 Å². The van der Waals surface area contributed by atoms with Gasteiger partial charge < -0.3 is 5.11 Å². The Morgan fingerprint density at radius 2 is 2.12 bits per heavy atom. The number of nitrogens with zero attached hydrogens (tertiary/aromatic N) is 1. The van der Waals surface area contributed by atoms with Crippen LogP contribution in [0.25, 0.3) is 0 Å². The van der Waals surface area contributed by atoms with Crippen molar-refractivity contribution in [2.45, 2.75) is 43.1 Å². The number of phenolic OH excluding ortho intramolecular Hbond substituents is 1. The van der Waals surface area contributed by atoms with Crippen LogP contribution < -0.4 is 0 Å². The van der Waals surface area contributed by atoms with Crippen molar-refractivity contribution in [3.8, 4) is 5.75 Å². The lowest BCUT2D eigenvalue weighted by Crippen LogP contribution is -2.40. The minimum absolute atomic E-state index is 0.356. The molecule has 0 amide bonds. The molecule has 2 atom stereocenters. The summed E-state index contributed by atoms with van der Waals surface area (Å²) in [5, 5.41) is 9.46. The topological polar surface area (TPSA) is 23.5 Å². The van der Waals surface area contributed by atoms with Gasteiger partial charge in [-0.1, -0.05) is 40.9 Å². The van der Waals surface area contributed by atoms with Gasteiger partial charge >= 0.3 is 0 Å². The van der Waals surface area contributed by atoms with Crippen molar-refractivity contribution in [1.82, 2.24) is 4.90 Å². The fraction of sp³-hybridized carbons (Fsp3) is 0.571. The maximum absolute atomic E-state index is 9.46. The van der Waals surface area contributed by atoms with Crippen molar-refractivity contribution in [2.24, 2.45) is 0 Å². The van der Waals surface area contributed by atoms with E-state index < -0.39 is 0 Å². The maximum atomic E-state index is 9.46. The first-order valence-corrected chi connectivity index (χ1v) is 7.20. The highest BCUT2D eigenvalue weighted by molar-refractivity contribution is 9.09. The fourth-order valence-electron chi connectivity index (χ4n) is 2.62. The van der Waals surface area contributed by atoms with Crippen molar-refractivity contribution < 1.29 is 5.11 Å². The van der Waals surface area contributed by atoms with Crippen molar-refractivity contribution >= 4 is 15.9 Å². The molecule has 0 radical (unpaired) electrons. The van der Waals surface area contributed by atoms with Gasteiger partial charge in [-0.05, 0) is 37.6 Å². The van der Waals surface area contributed by atoms with E-state index in [1.54, 1.807) is 6.07 Å². The van der Waals surface area contributed by atoms with E-state index >= 15 is 0 Å². The van der Waals surface area contributed by atoms with Crippen molar-refractivity contribution in [3.05, 3.63) is 29.8 Å². The van der Waals surface area contributed by atoms with Crippen LogP contribution in [-0.4, -0.2) is 27.9 Å². The first-order chi connectivity index (χ1) is 8.16. The Labute approximate surface area is 112 Å². The zero-order valence-corrected chi connectivity index (χ0v) is 11.9. The standard InChI is InChI=1S/C14H20BrNO/c1-16(14-8-3-2-7-13(14)15)10-11-5-4-6-12(17)9-11/h4-6,9,13-14,17H,2-3,7-8,10H2,1H3. The second kappa shape index (κ2) is 5.87. The van der Waals surface area contributed by atoms with Gasteiger partial charge in [0.1, 0.15) is 5.75 Å². The van der Waals surface area contributed by atoms with Gasteiger partial charge in [-0.3, -0.25) is 4.90 Å². The number of hydrogen-bond donors (Lipinski definition) is 1. The predicted octanol–water partition coefficient (Wildman–Crippen LogP) is 3.53. The molecule has 1 N–H and O–H groups in total. The first-order valence-electron chi connectivity index (χ1n) is 6.29. The van der Waals surface area contributed by atoms with E-state index in [-0.39, 0.29) is 0 Å². The average molecular weight is 298 g/mol. The van der Waals surface area contributed by atoms with Crippen LogP contribution in [0, 0.1) is 0 Å². The quantitative estimate of drug-likeness (QED) is 0.863. The van der Waals surface area contributed by atoms with Gasteiger partial charge in [-0.2, -0.15) is 0 Å². The number of halogens is 1. The Morgan fingerprint density at radius 3 is 2.82 bits per heavy atom. The predicted molar refractivity (Wildman–Crippen MR) is 74.5 cm³/mol. The average Bonchev–Trinajstić information content (AvgIpc) is 2.29. The van der Waals surface area contributed by atoms with Crippen LogP contribution in [0.3, 0.4) is 0 Å². The highest BCUT2D eigenvalue weighted by atomic mass is 79.9. The second-order valence-corrected chi connectivity index (χ2v) is 6.13. The number of aromatic hydroxyl groups is 1. The van der Waals surface area contributed by atoms with E-state index in [4.69, 9.17) is 0 Å². The van der Waals surface area contributed by atoms with Gasteiger partial charge in [0.25, 0.3) is 0 Å². The van der Waals surface area contributed by atoms with Gasteiger partial charge in [0, 0.05) is 17.4 Å². The lowest BCUT2D eigenvalue weighted by molar-refractivity contribution is 0.193. The third-order valence-corrected chi connectivity index (χ3v) is 4.62. The zero-order valence-electron chi connectivity index (χ0n) is 10.3. The summed E-state index contributed by atoms with van der Waals surface area (Å²) in [5.41, 5.74) is 1.18. The van der Waals surface area contributed by atoms with E-state index in [1.165, 1.54) is 31.2 Å². The highest BCUT2D eigenvalue weighted by Crippen LogP contribution is 2.28. The van der Waals surface area contributed by atoms with Crippen LogP contribution in [0.5, 0.6) is 5.75 Å². The number of alkyl halides is 1. The lowest BCUT2D eigenvalue weighted by atomic mass is 9.94. The molecule has 2 unspecified atom stereocenters. The summed E-state index contributed by atoms with van der Waals surface area (Å²) < 4.78 is 0. The molecule has 1 saturated carbocycles. The number of benzene rings is 1. The molecule has 0 aliphatic heterocycles. The number of phenols is 1. The minimum atomic E-state index is 0.356. The maximum Gasteiger partial charge on any atom is 0.115 e. The van der Waals surface area contributed by atoms with Gasteiger partial charge in [0.05, 0.1) is 0 Å². The Hall–Kier alpha value is -0.540. The normalized spacial score (nSPS) is 25.1. The minimum Gasteiger partial charge on any atom is -0.508 e. The van der Waals surface area contributed by atoms with Crippen molar-refractivity contribution in [1.29, 1.82) is 0 Å². The van der Waals surface area contributed by atoms with Gasteiger partial charge in [0.15, 0.2) is 0 Å². The summed E-state index contributed by atoms with van der Waals surface area (Å²) >= 11 is 3.79. The number of hydrogen-bond acceptors (Lipinski definition) is 2. The molecule has 2 rings (SSSR count). The van der Waals surface area contributed by atoms with E-state index in [0.717, 1.165) is 6.54 Å². The molecule has 1 aromatic rings. The summed E-state index contributed by atoms with van der Waals surface area (Å²) in [7, 11) is 2.17. The molecule has 17 heavy (non-hydrogen) atoms. The largest absolute Gasteiger partial charge is 0.508 e. The molecule has 94 valence electrons.